The summed E-state index contributed by atoms with van der Waals surface area (Å²) >= 11 is 0. The predicted molar refractivity (Wildman–Crippen MR) is 59.4 cm³/mol. The third-order valence-electron chi connectivity index (χ3n) is 2.22. The number of aryl methyl sites for hydroxylation is 2. The van der Waals surface area contributed by atoms with Gasteiger partial charge in [-0.25, -0.2) is 9.95 Å². The van der Waals surface area contributed by atoms with E-state index in [1.54, 1.807) is 6.92 Å². The highest BCUT2D eigenvalue weighted by molar-refractivity contribution is 5.45. The molecule has 1 aromatic heterocycles. The molecule has 0 unspecified atom stereocenters. The Morgan fingerprint density at radius 1 is 1.19 bits per heavy atom. The Bertz CT molecular complexity index is 581. The molecule has 0 bridgehead atoms. The fraction of sp³-hybridized carbons (Fsp3) is 0.182. The van der Waals surface area contributed by atoms with E-state index in [1.165, 1.54) is 0 Å². The molecule has 0 aliphatic heterocycles. The average molecular weight is 217 g/mol. The van der Waals surface area contributed by atoms with Gasteiger partial charge in [-0.15, -0.1) is 10.2 Å². The van der Waals surface area contributed by atoms with Gasteiger partial charge in [0.25, 0.3) is 0 Å². The van der Waals surface area contributed by atoms with Gasteiger partial charge in [0, 0.05) is 0 Å². The van der Waals surface area contributed by atoms with E-state index in [2.05, 4.69) is 19.9 Å². The van der Waals surface area contributed by atoms with Crippen molar-refractivity contribution in [3.05, 3.63) is 45.9 Å². The Kier molecular flexibility index (Phi) is 2.68. The van der Waals surface area contributed by atoms with E-state index < -0.39 is 5.63 Å². The Hall–Kier alpha value is -2.17. The summed E-state index contributed by atoms with van der Waals surface area (Å²) in [7, 11) is 0. The van der Waals surface area contributed by atoms with E-state index >= 15 is 0 Å². The van der Waals surface area contributed by atoms with Crippen LogP contribution in [-0.4, -0.2) is 5.16 Å². The molecule has 0 radical (unpaired) electrons. The molecule has 0 spiro atoms. The normalized spacial score (nSPS) is 11.1. The molecule has 2 rings (SSSR count). The lowest BCUT2D eigenvalue weighted by Crippen LogP contribution is -1.89. The summed E-state index contributed by atoms with van der Waals surface area (Å²) in [6.45, 7) is 3.64. The van der Waals surface area contributed by atoms with E-state index in [1.807, 2.05) is 31.2 Å². The Balaban J connectivity index is 2.36. The second-order valence-corrected chi connectivity index (χ2v) is 3.45. The standard InChI is InChI=1S/C11H11N3O2/c1-7-5-3-4-6-9(7)12-13-10-8(2)14-16-11(10)15/h3-6,14H,1-2H3. The molecule has 16 heavy (non-hydrogen) atoms. The summed E-state index contributed by atoms with van der Waals surface area (Å²) in [6.07, 6.45) is 0. The number of benzene rings is 1. The molecule has 0 aliphatic rings. The van der Waals surface area contributed by atoms with Gasteiger partial charge in [0.15, 0.2) is 5.69 Å². The largest absolute Gasteiger partial charge is 0.384 e. The first-order valence-corrected chi connectivity index (χ1v) is 4.84. The average Bonchev–Trinajstić information content (AvgIpc) is 2.58. The lowest BCUT2D eigenvalue weighted by molar-refractivity contribution is 0.388. The molecule has 0 aliphatic carbocycles. The number of hydrogen-bond donors (Lipinski definition) is 1. The zero-order chi connectivity index (χ0) is 11.5. The molecule has 2 aromatic rings. The van der Waals surface area contributed by atoms with Crippen molar-refractivity contribution in [3.63, 3.8) is 0 Å². The van der Waals surface area contributed by atoms with Crippen molar-refractivity contribution in [3.8, 4) is 0 Å². The third-order valence-corrected chi connectivity index (χ3v) is 2.22. The predicted octanol–water partition coefficient (Wildman–Crippen LogP) is 3.00. The van der Waals surface area contributed by atoms with Gasteiger partial charge in [0.2, 0.25) is 0 Å². The SMILES string of the molecule is Cc1ccccc1N=Nc1c(C)[nH]oc1=O. The van der Waals surface area contributed by atoms with Crippen LogP contribution in [0.2, 0.25) is 0 Å². The van der Waals surface area contributed by atoms with Crippen LogP contribution in [0.3, 0.4) is 0 Å². The Morgan fingerprint density at radius 2 is 1.94 bits per heavy atom. The van der Waals surface area contributed by atoms with Crippen molar-refractivity contribution < 1.29 is 4.52 Å². The lowest BCUT2D eigenvalue weighted by atomic mass is 10.2. The maximum atomic E-state index is 11.2. The van der Waals surface area contributed by atoms with Crippen molar-refractivity contribution in [1.29, 1.82) is 0 Å². The maximum absolute atomic E-state index is 11.2. The van der Waals surface area contributed by atoms with E-state index in [9.17, 15) is 4.79 Å². The minimum atomic E-state index is -0.505. The minimum Gasteiger partial charge on any atom is -0.336 e. The van der Waals surface area contributed by atoms with Gasteiger partial charge < -0.3 is 4.52 Å². The molecular formula is C11H11N3O2. The van der Waals surface area contributed by atoms with Gasteiger partial charge in [-0.3, -0.25) is 0 Å². The van der Waals surface area contributed by atoms with Gasteiger partial charge in [0.1, 0.15) is 0 Å². The molecule has 5 nitrogen and oxygen atoms in total. The molecular weight excluding hydrogens is 206 g/mol. The number of aromatic amines is 1. The quantitative estimate of drug-likeness (QED) is 0.785. The molecule has 0 atom stereocenters. The highest BCUT2D eigenvalue weighted by Gasteiger charge is 2.06. The molecule has 1 aromatic carbocycles. The monoisotopic (exact) mass is 217 g/mol. The van der Waals surface area contributed by atoms with Crippen LogP contribution in [0.15, 0.2) is 43.8 Å². The van der Waals surface area contributed by atoms with Crippen molar-refractivity contribution in [2.24, 2.45) is 10.2 Å². The second-order valence-electron chi connectivity index (χ2n) is 3.45. The Labute approximate surface area is 91.8 Å². The molecule has 0 amide bonds. The number of aromatic nitrogens is 1. The van der Waals surface area contributed by atoms with E-state index in [-0.39, 0.29) is 5.69 Å². The van der Waals surface area contributed by atoms with Gasteiger partial charge in [-0.1, -0.05) is 18.2 Å². The molecule has 1 N–H and O–H groups in total. The lowest BCUT2D eigenvalue weighted by Gasteiger charge is -1.95. The number of nitrogens with one attached hydrogen (secondary N) is 1. The van der Waals surface area contributed by atoms with E-state index in [0.29, 0.717) is 5.69 Å². The number of azo groups is 1. The third kappa shape index (κ3) is 1.93. The first-order chi connectivity index (χ1) is 7.68. The van der Waals surface area contributed by atoms with Crippen LogP contribution in [0.1, 0.15) is 11.3 Å². The van der Waals surface area contributed by atoms with Crippen LogP contribution in [-0.2, 0) is 0 Å². The van der Waals surface area contributed by atoms with Crippen LogP contribution < -0.4 is 5.63 Å². The van der Waals surface area contributed by atoms with Gasteiger partial charge >= 0.3 is 5.63 Å². The highest BCUT2D eigenvalue weighted by atomic mass is 16.5. The molecule has 0 fully saturated rings. The number of hydrogen-bond acceptors (Lipinski definition) is 4. The summed E-state index contributed by atoms with van der Waals surface area (Å²) in [4.78, 5) is 11.2. The second kappa shape index (κ2) is 4.14. The fourth-order valence-electron chi connectivity index (χ4n) is 1.27. The molecule has 0 saturated carbocycles. The van der Waals surface area contributed by atoms with E-state index in [4.69, 9.17) is 0 Å². The van der Waals surface area contributed by atoms with Crippen molar-refractivity contribution in [2.75, 3.05) is 0 Å². The topological polar surface area (TPSA) is 70.7 Å². The number of rotatable bonds is 2. The first kappa shape index (κ1) is 10.4. The van der Waals surface area contributed by atoms with Gasteiger partial charge in [0.05, 0.1) is 11.4 Å². The summed E-state index contributed by atoms with van der Waals surface area (Å²) in [5, 5.41) is 10.3. The summed E-state index contributed by atoms with van der Waals surface area (Å²) in [5.74, 6) is 0. The van der Waals surface area contributed by atoms with Gasteiger partial charge in [-0.2, -0.15) is 0 Å². The minimum absolute atomic E-state index is 0.211. The summed E-state index contributed by atoms with van der Waals surface area (Å²) < 4.78 is 4.58. The highest BCUT2D eigenvalue weighted by Crippen LogP contribution is 2.20. The fourth-order valence-corrected chi connectivity index (χ4v) is 1.27. The van der Waals surface area contributed by atoms with E-state index in [0.717, 1.165) is 11.3 Å². The summed E-state index contributed by atoms with van der Waals surface area (Å²) in [6, 6.07) is 7.56. The Morgan fingerprint density at radius 3 is 2.56 bits per heavy atom. The van der Waals surface area contributed by atoms with Crippen LogP contribution in [0, 0.1) is 13.8 Å². The van der Waals surface area contributed by atoms with Crippen LogP contribution in [0.5, 0.6) is 0 Å². The van der Waals surface area contributed by atoms with Crippen molar-refractivity contribution >= 4 is 11.4 Å². The smallest absolute Gasteiger partial charge is 0.336 e. The summed E-state index contributed by atoms with van der Waals surface area (Å²) in [5.41, 5.74) is 2.02. The molecule has 5 heteroatoms. The number of nitrogens with zero attached hydrogens (tertiary/aromatic N) is 2. The first-order valence-electron chi connectivity index (χ1n) is 4.84. The maximum Gasteiger partial charge on any atom is 0.384 e. The zero-order valence-corrected chi connectivity index (χ0v) is 9.02. The molecule has 0 saturated heterocycles. The number of H-pyrrole nitrogens is 1. The molecule has 1 heterocycles. The molecule has 82 valence electrons. The zero-order valence-electron chi connectivity index (χ0n) is 9.02. The van der Waals surface area contributed by atoms with Crippen molar-refractivity contribution in [1.82, 2.24) is 5.16 Å². The van der Waals surface area contributed by atoms with Crippen LogP contribution >= 0.6 is 0 Å². The van der Waals surface area contributed by atoms with Gasteiger partial charge in [-0.05, 0) is 25.5 Å². The van der Waals surface area contributed by atoms with Crippen molar-refractivity contribution in [2.45, 2.75) is 13.8 Å². The van der Waals surface area contributed by atoms with Crippen LogP contribution in [0.25, 0.3) is 0 Å². The van der Waals surface area contributed by atoms with Crippen LogP contribution in [0.4, 0.5) is 11.4 Å².